The first kappa shape index (κ1) is 17.9. The van der Waals surface area contributed by atoms with E-state index in [0.717, 1.165) is 12.8 Å². The Labute approximate surface area is 131 Å². The van der Waals surface area contributed by atoms with E-state index in [1.165, 1.54) is 56.2 Å². The maximum absolute atomic E-state index is 11.5. The molecule has 122 valence electrons. The number of aromatic hydroxyl groups is 2. The highest BCUT2D eigenvalue weighted by Gasteiger charge is 2.00. The topological polar surface area (TPSA) is 78.8 Å². The molecule has 0 aliphatic rings. The molecule has 0 spiro atoms. The van der Waals surface area contributed by atoms with Crippen molar-refractivity contribution in [2.24, 2.45) is 0 Å². The van der Waals surface area contributed by atoms with Crippen LogP contribution >= 0.6 is 0 Å². The third-order valence-electron chi connectivity index (χ3n) is 3.20. The predicted molar refractivity (Wildman–Crippen MR) is 85.9 cm³/mol. The number of ether oxygens (including phenoxy) is 1. The van der Waals surface area contributed by atoms with Gasteiger partial charge < -0.3 is 20.3 Å². The standard InChI is InChI=1S/C17H25NO4/c1-2-3-4-5-6-7-11-18-17(21)10-12-22-14-8-9-15(19)16(20)13-14/h8-10,12-13,19-20H,2-7,11H2,1H3,(H,18,21)/b12-10+. The van der Waals surface area contributed by atoms with E-state index in [9.17, 15) is 9.90 Å². The van der Waals surface area contributed by atoms with Crippen molar-refractivity contribution in [3.05, 3.63) is 30.5 Å². The summed E-state index contributed by atoms with van der Waals surface area (Å²) in [6, 6.07) is 4.08. The minimum absolute atomic E-state index is 0.212. The lowest BCUT2D eigenvalue weighted by atomic mass is 10.1. The highest BCUT2D eigenvalue weighted by molar-refractivity contribution is 5.87. The molecule has 0 fully saturated rings. The smallest absolute Gasteiger partial charge is 0.247 e. The van der Waals surface area contributed by atoms with E-state index in [0.29, 0.717) is 12.3 Å². The number of nitrogens with one attached hydrogen (secondary N) is 1. The summed E-state index contributed by atoms with van der Waals surface area (Å²) in [5, 5.41) is 21.2. The Hall–Kier alpha value is -2.17. The molecular weight excluding hydrogens is 282 g/mol. The molecule has 3 N–H and O–H groups in total. The van der Waals surface area contributed by atoms with E-state index in [2.05, 4.69) is 12.2 Å². The van der Waals surface area contributed by atoms with Crippen LogP contribution in [-0.4, -0.2) is 22.7 Å². The number of carbonyl (C=O) groups excluding carboxylic acids is 1. The molecule has 5 nitrogen and oxygen atoms in total. The fourth-order valence-electron chi connectivity index (χ4n) is 1.93. The van der Waals surface area contributed by atoms with Gasteiger partial charge in [-0.2, -0.15) is 0 Å². The second-order valence-electron chi connectivity index (χ2n) is 5.13. The molecule has 0 unspecified atom stereocenters. The van der Waals surface area contributed by atoms with Crippen molar-refractivity contribution in [1.82, 2.24) is 5.32 Å². The van der Waals surface area contributed by atoms with E-state index in [4.69, 9.17) is 9.84 Å². The number of unbranched alkanes of at least 4 members (excludes halogenated alkanes) is 5. The number of benzene rings is 1. The summed E-state index contributed by atoms with van der Waals surface area (Å²) in [6.45, 7) is 2.85. The van der Waals surface area contributed by atoms with Crippen LogP contribution in [0, 0.1) is 0 Å². The normalized spacial score (nSPS) is 10.8. The van der Waals surface area contributed by atoms with Crippen molar-refractivity contribution in [2.45, 2.75) is 45.4 Å². The fourth-order valence-corrected chi connectivity index (χ4v) is 1.93. The Morgan fingerprint density at radius 1 is 1.14 bits per heavy atom. The molecule has 1 aromatic rings. The maximum Gasteiger partial charge on any atom is 0.247 e. The number of amides is 1. The van der Waals surface area contributed by atoms with Crippen LogP contribution < -0.4 is 10.1 Å². The van der Waals surface area contributed by atoms with Gasteiger partial charge in [-0.05, 0) is 18.6 Å². The van der Waals surface area contributed by atoms with Crippen LogP contribution in [0.4, 0.5) is 0 Å². The monoisotopic (exact) mass is 307 g/mol. The quantitative estimate of drug-likeness (QED) is 0.268. The van der Waals surface area contributed by atoms with Crippen LogP contribution in [-0.2, 0) is 4.79 Å². The van der Waals surface area contributed by atoms with E-state index in [-0.39, 0.29) is 17.4 Å². The largest absolute Gasteiger partial charge is 0.504 e. The van der Waals surface area contributed by atoms with Crippen molar-refractivity contribution in [3.63, 3.8) is 0 Å². The maximum atomic E-state index is 11.5. The Bertz CT molecular complexity index is 486. The average Bonchev–Trinajstić information content (AvgIpc) is 2.50. The van der Waals surface area contributed by atoms with Gasteiger partial charge in [-0.25, -0.2) is 0 Å². The molecule has 0 bridgehead atoms. The Morgan fingerprint density at radius 2 is 1.86 bits per heavy atom. The summed E-state index contributed by atoms with van der Waals surface area (Å²) in [5.41, 5.74) is 0. The van der Waals surface area contributed by atoms with Crippen LogP contribution in [0.3, 0.4) is 0 Å². The molecule has 1 rings (SSSR count). The molecule has 0 aliphatic heterocycles. The minimum atomic E-state index is -0.265. The number of phenols is 2. The van der Waals surface area contributed by atoms with Gasteiger partial charge in [0, 0.05) is 18.7 Å². The summed E-state index contributed by atoms with van der Waals surface area (Å²) in [4.78, 5) is 11.5. The summed E-state index contributed by atoms with van der Waals surface area (Å²) < 4.78 is 5.17. The molecule has 0 radical (unpaired) electrons. The molecule has 1 aromatic carbocycles. The molecule has 0 aromatic heterocycles. The van der Waals surface area contributed by atoms with Crippen molar-refractivity contribution in [2.75, 3.05) is 6.54 Å². The molecular formula is C17H25NO4. The van der Waals surface area contributed by atoms with Gasteiger partial charge in [0.25, 0.3) is 0 Å². The third kappa shape index (κ3) is 7.57. The summed E-state index contributed by atoms with van der Waals surface area (Å²) >= 11 is 0. The van der Waals surface area contributed by atoms with Crippen LogP contribution in [0.1, 0.15) is 45.4 Å². The highest BCUT2D eigenvalue weighted by Crippen LogP contribution is 2.28. The Balaban J connectivity index is 2.15. The molecule has 0 atom stereocenters. The SMILES string of the molecule is CCCCCCCCNC(=O)/C=C/Oc1ccc(O)c(O)c1. The highest BCUT2D eigenvalue weighted by atomic mass is 16.5. The van der Waals surface area contributed by atoms with Gasteiger partial charge in [0.1, 0.15) is 5.75 Å². The van der Waals surface area contributed by atoms with E-state index in [1.54, 1.807) is 0 Å². The van der Waals surface area contributed by atoms with Gasteiger partial charge in [0.2, 0.25) is 5.91 Å². The number of carbonyl (C=O) groups is 1. The Morgan fingerprint density at radius 3 is 2.59 bits per heavy atom. The zero-order chi connectivity index (χ0) is 16.2. The second kappa shape index (κ2) is 10.5. The number of hydrogen-bond donors (Lipinski definition) is 3. The number of hydrogen-bond acceptors (Lipinski definition) is 4. The van der Waals surface area contributed by atoms with Gasteiger partial charge >= 0.3 is 0 Å². The van der Waals surface area contributed by atoms with Gasteiger partial charge in [-0.3, -0.25) is 4.79 Å². The first-order chi connectivity index (χ1) is 10.6. The summed E-state index contributed by atoms with van der Waals surface area (Å²) in [7, 11) is 0. The van der Waals surface area contributed by atoms with E-state index >= 15 is 0 Å². The van der Waals surface area contributed by atoms with Gasteiger partial charge in [0.15, 0.2) is 11.5 Å². The molecule has 5 heteroatoms. The van der Waals surface area contributed by atoms with Crippen LogP contribution in [0.5, 0.6) is 17.2 Å². The van der Waals surface area contributed by atoms with E-state index in [1.807, 2.05) is 0 Å². The van der Waals surface area contributed by atoms with E-state index < -0.39 is 0 Å². The molecule has 0 heterocycles. The molecule has 1 amide bonds. The zero-order valence-electron chi connectivity index (χ0n) is 13.0. The molecule has 22 heavy (non-hydrogen) atoms. The van der Waals surface area contributed by atoms with Gasteiger partial charge in [0.05, 0.1) is 6.26 Å². The Kier molecular flexibility index (Phi) is 8.57. The average molecular weight is 307 g/mol. The van der Waals surface area contributed by atoms with Gasteiger partial charge in [-0.1, -0.05) is 39.0 Å². The van der Waals surface area contributed by atoms with Crippen LogP contribution in [0.2, 0.25) is 0 Å². The minimum Gasteiger partial charge on any atom is -0.504 e. The first-order valence-electron chi connectivity index (χ1n) is 7.76. The molecule has 0 saturated carbocycles. The van der Waals surface area contributed by atoms with Crippen molar-refractivity contribution in [3.8, 4) is 17.2 Å². The second-order valence-corrected chi connectivity index (χ2v) is 5.13. The zero-order valence-corrected chi connectivity index (χ0v) is 13.0. The number of phenolic OH excluding ortho intramolecular Hbond substituents is 2. The summed E-state index contributed by atoms with van der Waals surface area (Å²) in [6.07, 6.45) is 9.65. The lowest BCUT2D eigenvalue weighted by Gasteiger charge is -2.03. The number of rotatable bonds is 10. The fraction of sp³-hybridized carbons (Fsp3) is 0.471. The first-order valence-corrected chi connectivity index (χ1v) is 7.76. The van der Waals surface area contributed by atoms with Crippen molar-refractivity contribution < 1.29 is 19.7 Å². The van der Waals surface area contributed by atoms with Crippen molar-refractivity contribution in [1.29, 1.82) is 0 Å². The van der Waals surface area contributed by atoms with Crippen LogP contribution in [0.25, 0.3) is 0 Å². The van der Waals surface area contributed by atoms with Crippen LogP contribution in [0.15, 0.2) is 30.5 Å². The molecule has 0 aliphatic carbocycles. The van der Waals surface area contributed by atoms with Gasteiger partial charge in [-0.15, -0.1) is 0 Å². The lowest BCUT2D eigenvalue weighted by Crippen LogP contribution is -2.22. The lowest BCUT2D eigenvalue weighted by molar-refractivity contribution is -0.116. The molecule has 0 saturated heterocycles. The third-order valence-corrected chi connectivity index (χ3v) is 3.20. The summed E-state index contributed by atoms with van der Waals surface area (Å²) in [5.74, 6) is -0.349. The predicted octanol–water partition coefficient (Wildman–Crippen LogP) is 3.47. The van der Waals surface area contributed by atoms with Crippen molar-refractivity contribution >= 4 is 5.91 Å².